The molecule has 0 aromatic rings. The molecule has 0 N–H and O–H groups in total. The normalized spacial score (nSPS) is 14.2. The summed E-state index contributed by atoms with van der Waals surface area (Å²) in [6.07, 6.45) is 0. The van der Waals surface area contributed by atoms with E-state index in [1.165, 1.54) is 0 Å². The molecule has 0 aromatic carbocycles. The SMILES string of the molecule is N#CC(F)(F)C(F)(F)C(F)(F)Br. The lowest BCUT2D eigenvalue weighted by Crippen LogP contribution is -2.50. The second kappa shape index (κ2) is 2.80. The highest BCUT2D eigenvalue weighted by atomic mass is 79.9. The van der Waals surface area contributed by atoms with E-state index in [0.717, 1.165) is 15.9 Å². The fraction of sp³-hybridized carbons (Fsp3) is 0.750. The number of nitrogens with zero attached hydrogens (tertiary/aromatic N) is 1. The molecule has 0 rings (SSSR count). The van der Waals surface area contributed by atoms with Crippen molar-refractivity contribution in [3.8, 4) is 6.07 Å². The van der Waals surface area contributed by atoms with Gasteiger partial charge in [-0.05, 0) is 15.9 Å². The van der Waals surface area contributed by atoms with Gasteiger partial charge in [-0.3, -0.25) is 0 Å². The number of halogens is 7. The highest BCUT2D eigenvalue weighted by Gasteiger charge is 2.71. The van der Waals surface area contributed by atoms with Crippen molar-refractivity contribution in [1.82, 2.24) is 0 Å². The number of hydrogen-bond donors (Lipinski definition) is 0. The Hall–Kier alpha value is -0.450. The standard InChI is InChI=1S/C4BrF6N/c5-4(10,11)3(8,9)2(6,7)1-12. The summed E-state index contributed by atoms with van der Waals surface area (Å²) in [5, 5.41) is 7.46. The third kappa shape index (κ3) is 1.65. The van der Waals surface area contributed by atoms with Crippen molar-refractivity contribution < 1.29 is 26.3 Å². The van der Waals surface area contributed by atoms with Crippen molar-refractivity contribution in [3.63, 3.8) is 0 Å². The van der Waals surface area contributed by atoms with Gasteiger partial charge in [0.15, 0.2) is 0 Å². The van der Waals surface area contributed by atoms with Gasteiger partial charge in [0.05, 0.1) is 0 Å². The summed E-state index contributed by atoms with van der Waals surface area (Å²) in [5.74, 6) is -11.1. The number of nitriles is 1. The molecule has 0 saturated heterocycles. The maximum Gasteiger partial charge on any atom is 0.401 e. The molecule has 0 saturated carbocycles. The van der Waals surface area contributed by atoms with Gasteiger partial charge in [0.25, 0.3) is 0 Å². The lowest BCUT2D eigenvalue weighted by atomic mass is 10.2. The van der Waals surface area contributed by atoms with Crippen molar-refractivity contribution in [1.29, 1.82) is 5.26 Å². The first-order valence-electron chi connectivity index (χ1n) is 2.30. The smallest absolute Gasteiger partial charge is 0.191 e. The molecule has 70 valence electrons. The van der Waals surface area contributed by atoms with Gasteiger partial charge in [-0.1, -0.05) is 0 Å². The number of alkyl halides is 7. The first kappa shape index (κ1) is 11.5. The fourth-order valence-corrected chi connectivity index (χ4v) is 0.497. The predicted octanol–water partition coefficient (Wildman–Crippen LogP) is 2.77. The second-order valence-electron chi connectivity index (χ2n) is 1.76. The highest BCUT2D eigenvalue weighted by molar-refractivity contribution is 9.10. The predicted molar refractivity (Wildman–Crippen MR) is 29.4 cm³/mol. The van der Waals surface area contributed by atoms with Crippen LogP contribution in [0.3, 0.4) is 0 Å². The van der Waals surface area contributed by atoms with Crippen molar-refractivity contribution in [3.05, 3.63) is 0 Å². The molecule has 1 nitrogen and oxygen atoms in total. The quantitative estimate of drug-likeness (QED) is 0.550. The summed E-state index contributed by atoms with van der Waals surface area (Å²) in [4.78, 5) is -5.11. The topological polar surface area (TPSA) is 23.8 Å². The fourth-order valence-electron chi connectivity index (χ4n) is 0.248. The molecule has 0 aliphatic heterocycles. The Morgan fingerprint density at radius 3 is 1.42 bits per heavy atom. The van der Waals surface area contributed by atoms with E-state index in [0.29, 0.717) is 0 Å². The van der Waals surface area contributed by atoms with Crippen LogP contribution in [-0.2, 0) is 0 Å². The van der Waals surface area contributed by atoms with Gasteiger partial charge >= 0.3 is 16.7 Å². The Balaban J connectivity index is 5.02. The molecule has 0 fully saturated rings. The first-order valence-corrected chi connectivity index (χ1v) is 3.09. The maximum atomic E-state index is 11.9. The molecule has 8 heteroatoms. The molecular weight excluding hydrogens is 256 g/mol. The van der Waals surface area contributed by atoms with Crippen molar-refractivity contribution in [2.75, 3.05) is 0 Å². The minimum Gasteiger partial charge on any atom is -0.191 e. The summed E-state index contributed by atoms with van der Waals surface area (Å²) in [5.41, 5.74) is 0. The molecule has 0 aromatic heterocycles. The van der Waals surface area contributed by atoms with Gasteiger partial charge in [0.1, 0.15) is 6.07 Å². The third-order valence-corrected chi connectivity index (χ3v) is 1.39. The van der Waals surface area contributed by atoms with Crippen LogP contribution in [-0.4, -0.2) is 16.7 Å². The Morgan fingerprint density at radius 1 is 1.00 bits per heavy atom. The maximum absolute atomic E-state index is 11.9. The van der Waals surface area contributed by atoms with Crippen LogP contribution in [0.25, 0.3) is 0 Å². The molecule has 0 aliphatic carbocycles. The minimum atomic E-state index is -5.73. The van der Waals surface area contributed by atoms with E-state index in [4.69, 9.17) is 5.26 Å². The molecule has 0 atom stereocenters. The van der Waals surface area contributed by atoms with Crippen LogP contribution in [0.5, 0.6) is 0 Å². The summed E-state index contributed by atoms with van der Waals surface area (Å²) >= 11 is 1.06. The van der Waals surface area contributed by atoms with Gasteiger partial charge in [-0.25, -0.2) is 0 Å². The van der Waals surface area contributed by atoms with Crippen LogP contribution in [0.4, 0.5) is 26.3 Å². The van der Waals surface area contributed by atoms with Crippen LogP contribution < -0.4 is 0 Å². The molecule has 12 heavy (non-hydrogen) atoms. The molecule has 0 spiro atoms. The van der Waals surface area contributed by atoms with Gasteiger partial charge in [-0.15, -0.1) is 0 Å². The van der Waals surface area contributed by atoms with Gasteiger partial charge < -0.3 is 0 Å². The summed E-state index contributed by atoms with van der Waals surface area (Å²) < 4.78 is 70.9. The Bertz CT molecular complexity index is 213. The molecule has 0 unspecified atom stereocenters. The molecule has 0 radical (unpaired) electrons. The highest BCUT2D eigenvalue weighted by Crippen LogP contribution is 2.48. The zero-order valence-electron chi connectivity index (χ0n) is 5.09. The van der Waals surface area contributed by atoms with E-state index in [1.54, 1.807) is 0 Å². The van der Waals surface area contributed by atoms with E-state index in [1.807, 2.05) is 0 Å². The van der Waals surface area contributed by atoms with E-state index in [-0.39, 0.29) is 6.07 Å². The minimum absolute atomic E-state index is 0.205. The second-order valence-corrected chi connectivity index (χ2v) is 2.75. The van der Waals surface area contributed by atoms with Gasteiger partial charge in [0.2, 0.25) is 0 Å². The summed E-state index contributed by atoms with van der Waals surface area (Å²) in [7, 11) is 0. The van der Waals surface area contributed by atoms with E-state index < -0.39 is 16.7 Å². The van der Waals surface area contributed by atoms with Crippen LogP contribution in [0.15, 0.2) is 0 Å². The zero-order chi connectivity index (χ0) is 10.2. The molecule has 0 heterocycles. The van der Waals surface area contributed by atoms with Crippen LogP contribution >= 0.6 is 15.9 Å². The Labute approximate surface area is 71.1 Å². The lowest BCUT2D eigenvalue weighted by Gasteiger charge is -2.24. The van der Waals surface area contributed by atoms with E-state index in [2.05, 4.69) is 0 Å². The van der Waals surface area contributed by atoms with Crippen LogP contribution in [0.2, 0.25) is 0 Å². The number of rotatable bonds is 2. The Morgan fingerprint density at radius 2 is 1.33 bits per heavy atom. The van der Waals surface area contributed by atoms with Gasteiger partial charge in [-0.2, -0.15) is 31.6 Å². The average molecular weight is 256 g/mol. The van der Waals surface area contributed by atoms with Crippen molar-refractivity contribution >= 4 is 15.9 Å². The van der Waals surface area contributed by atoms with E-state index >= 15 is 0 Å². The van der Waals surface area contributed by atoms with Gasteiger partial charge in [0, 0.05) is 0 Å². The van der Waals surface area contributed by atoms with Crippen LogP contribution in [0, 0.1) is 11.3 Å². The molecule has 0 amide bonds. The van der Waals surface area contributed by atoms with Crippen molar-refractivity contribution in [2.24, 2.45) is 0 Å². The van der Waals surface area contributed by atoms with Crippen molar-refractivity contribution in [2.45, 2.75) is 16.7 Å². The molecule has 0 aliphatic rings. The largest absolute Gasteiger partial charge is 0.401 e. The number of hydrogen-bond acceptors (Lipinski definition) is 1. The van der Waals surface area contributed by atoms with Crippen LogP contribution in [0.1, 0.15) is 0 Å². The Kier molecular flexibility index (Phi) is 2.69. The zero-order valence-corrected chi connectivity index (χ0v) is 6.68. The summed E-state index contributed by atoms with van der Waals surface area (Å²) in [6.45, 7) is 0. The summed E-state index contributed by atoms with van der Waals surface area (Å²) in [6, 6.07) is -0.205. The monoisotopic (exact) mass is 255 g/mol. The third-order valence-electron chi connectivity index (χ3n) is 0.891. The van der Waals surface area contributed by atoms with E-state index in [9.17, 15) is 26.3 Å². The average Bonchev–Trinajstić information content (AvgIpc) is 1.85. The first-order chi connectivity index (χ1) is 5.06. The lowest BCUT2D eigenvalue weighted by molar-refractivity contribution is -0.249. The molecular formula is C4BrF6N. The molecule has 0 bridgehead atoms.